The number of nitrogens with zero attached hydrogens (tertiary/aromatic N) is 1. The summed E-state index contributed by atoms with van der Waals surface area (Å²) in [6.45, 7) is 4.35. The molecule has 2 aromatic rings. The van der Waals surface area contributed by atoms with Crippen molar-refractivity contribution >= 4 is 0 Å². The van der Waals surface area contributed by atoms with E-state index in [1.54, 1.807) is 12.3 Å². The largest absolute Gasteiger partial charge is 0.468 e. The highest BCUT2D eigenvalue weighted by molar-refractivity contribution is 5.16. The van der Waals surface area contributed by atoms with Crippen LogP contribution in [0.1, 0.15) is 24.3 Å². The van der Waals surface area contributed by atoms with Crippen LogP contribution in [0.25, 0.3) is 0 Å². The second-order valence-corrected chi connectivity index (χ2v) is 5.02. The fourth-order valence-electron chi connectivity index (χ4n) is 2.11. The van der Waals surface area contributed by atoms with E-state index in [0.717, 1.165) is 24.4 Å². The summed E-state index contributed by atoms with van der Waals surface area (Å²) in [5, 5.41) is 3.39. The van der Waals surface area contributed by atoms with Gasteiger partial charge in [-0.05, 0) is 32.2 Å². The summed E-state index contributed by atoms with van der Waals surface area (Å²) in [6, 6.07) is 10.9. The molecule has 0 aliphatic carbocycles. The summed E-state index contributed by atoms with van der Waals surface area (Å²) < 4.78 is 18.9. The first-order valence-electron chi connectivity index (χ1n) is 6.85. The van der Waals surface area contributed by atoms with Gasteiger partial charge < -0.3 is 14.6 Å². The van der Waals surface area contributed by atoms with Gasteiger partial charge in [-0.25, -0.2) is 4.39 Å². The molecule has 108 valence electrons. The first kappa shape index (κ1) is 14.8. The molecule has 0 aliphatic heterocycles. The topological polar surface area (TPSA) is 28.4 Å². The van der Waals surface area contributed by atoms with Crippen molar-refractivity contribution in [1.82, 2.24) is 10.2 Å². The maximum atomic E-state index is 13.5. The maximum absolute atomic E-state index is 13.5. The van der Waals surface area contributed by atoms with Crippen LogP contribution < -0.4 is 5.32 Å². The molecule has 1 aromatic heterocycles. The fourth-order valence-corrected chi connectivity index (χ4v) is 2.11. The van der Waals surface area contributed by atoms with Crippen LogP contribution in [0.15, 0.2) is 47.1 Å². The number of hydrogen-bond acceptors (Lipinski definition) is 3. The van der Waals surface area contributed by atoms with Crippen molar-refractivity contribution < 1.29 is 8.81 Å². The average Bonchev–Trinajstić information content (AvgIpc) is 2.95. The van der Waals surface area contributed by atoms with Crippen LogP contribution in [-0.2, 0) is 6.54 Å². The Hall–Kier alpha value is -1.65. The first-order chi connectivity index (χ1) is 9.66. The van der Waals surface area contributed by atoms with E-state index in [9.17, 15) is 4.39 Å². The van der Waals surface area contributed by atoms with Crippen LogP contribution in [0.2, 0.25) is 0 Å². The molecule has 0 aliphatic rings. The first-order valence-corrected chi connectivity index (χ1v) is 6.85. The maximum Gasteiger partial charge on any atom is 0.127 e. The second-order valence-electron chi connectivity index (χ2n) is 5.02. The van der Waals surface area contributed by atoms with E-state index in [1.165, 1.54) is 6.07 Å². The number of likely N-dealkylation sites (N-methyl/N-ethyl adjacent to an activating group) is 1. The van der Waals surface area contributed by atoms with Gasteiger partial charge in [0.05, 0.1) is 12.3 Å². The molecule has 0 bridgehead atoms. The third-order valence-corrected chi connectivity index (χ3v) is 3.31. The lowest BCUT2D eigenvalue weighted by Crippen LogP contribution is -2.30. The number of furan rings is 1. The second kappa shape index (κ2) is 7.22. The van der Waals surface area contributed by atoms with E-state index >= 15 is 0 Å². The lowest BCUT2D eigenvalue weighted by Gasteiger charge is -2.19. The Balaban J connectivity index is 1.73. The number of hydrogen-bond donors (Lipinski definition) is 1. The van der Waals surface area contributed by atoms with Gasteiger partial charge in [0.2, 0.25) is 0 Å². The van der Waals surface area contributed by atoms with E-state index in [-0.39, 0.29) is 11.9 Å². The fraction of sp³-hybridized carbons (Fsp3) is 0.375. The zero-order valence-corrected chi connectivity index (χ0v) is 12.0. The molecule has 1 aromatic carbocycles. The van der Waals surface area contributed by atoms with E-state index in [2.05, 4.69) is 17.1 Å². The van der Waals surface area contributed by atoms with Gasteiger partial charge in [-0.3, -0.25) is 0 Å². The van der Waals surface area contributed by atoms with Gasteiger partial charge in [-0.2, -0.15) is 0 Å². The molecule has 3 nitrogen and oxygen atoms in total. The van der Waals surface area contributed by atoms with E-state index in [0.29, 0.717) is 6.54 Å². The Bertz CT molecular complexity index is 513. The number of halogens is 1. The third kappa shape index (κ3) is 4.18. The van der Waals surface area contributed by atoms with Crippen LogP contribution in [0.4, 0.5) is 4.39 Å². The minimum atomic E-state index is -0.142. The van der Waals surface area contributed by atoms with Gasteiger partial charge in [0.25, 0.3) is 0 Å². The van der Waals surface area contributed by atoms with Crippen molar-refractivity contribution in [3.63, 3.8) is 0 Å². The van der Waals surface area contributed by atoms with Gasteiger partial charge >= 0.3 is 0 Å². The molecule has 0 fully saturated rings. The molecule has 1 atom stereocenters. The molecule has 2 rings (SSSR count). The van der Waals surface area contributed by atoms with Crippen molar-refractivity contribution in [3.05, 3.63) is 59.8 Å². The van der Waals surface area contributed by atoms with Crippen LogP contribution in [0.5, 0.6) is 0 Å². The lowest BCUT2D eigenvalue weighted by atomic mass is 10.2. The van der Waals surface area contributed by atoms with Gasteiger partial charge in [-0.15, -0.1) is 0 Å². The molecule has 1 unspecified atom stereocenters. The molecule has 1 N–H and O–H groups in total. The highest BCUT2D eigenvalue weighted by atomic mass is 19.1. The molecular weight excluding hydrogens is 255 g/mol. The average molecular weight is 276 g/mol. The molecule has 0 saturated carbocycles. The number of benzene rings is 1. The van der Waals surface area contributed by atoms with Crippen LogP contribution in [0, 0.1) is 5.82 Å². The zero-order chi connectivity index (χ0) is 14.4. The van der Waals surface area contributed by atoms with Crippen molar-refractivity contribution in [2.45, 2.75) is 19.5 Å². The van der Waals surface area contributed by atoms with Crippen molar-refractivity contribution in [1.29, 1.82) is 0 Å². The van der Waals surface area contributed by atoms with E-state index in [1.807, 2.05) is 31.3 Å². The van der Waals surface area contributed by atoms with Crippen LogP contribution in [-0.4, -0.2) is 25.0 Å². The quantitative estimate of drug-likeness (QED) is 0.842. The lowest BCUT2D eigenvalue weighted by molar-refractivity contribution is 0.309. The Morgan fingerprint density at radius 1 is 1.25 bits per heavy atom. The predicted octanol–water partition coefficient (Wildman–Crippen LogP) is 3.20. The zero-order valence-electron chi connectivity index (χ0n) is 12.0. The van der Waals surface area contributed by atoms with Crippen LogP contribution >= 0.6 is 0 Å². The minimum absolute atomic E-state index is 0.142. The highest BCUT2D eigenvalue weighted by Crippen LogP contribution is 2.12. The molecule has 1 heterocycles. The summed E-state index contributed by atoms with van der Waals surface area (Å²) in [5.41, 5.74) is 0.731. The molecule has 4 heteroatoms. The molecule has 0 radical (unpaired) electrons. The van der Waals surface area contributed by atoms with E-state index < -0.39 is 0 Å². The monoisotopic (exact) mass is 276 g/mol. The summed E-state index contributed by atoms with van der Waals surface area (Å²) >= 11 is 0. The summed E-state index contributed by atoms with van der Waals surface area (Å²) in [5.74, 6) is 0.790. The number of nitrogens with one attached hydrogen (secondary N) is 1. The van der Waals surface area contributed by atoms with Crippen molar-refractivity contribution in [2.24, 2.45) is 0 Å². The van der Waals surface area contributed by atoms with Gasteiger partial charge in [0.1, 0.15) is 11.6 Å². The third-order valence-electron chi connectivity index (χ3n) is 3.31. The van der Waals surface area contributed by atoms with Gasteiger partial charge in [0, 0.05) is 25.2 Å². The number of rotatable bonds is 7. The SMILES string of the molecule is CC(NCCN(C)Cc1ccccc1F)c1ccco1. The van der Waals surface area contributed by atoms with Gasteiger partial charge in [-0.1, -0.05) is 18.2 Å². The summed E-state index contributed by atoms with van der Waals surface area (Å²) in [4.78, 5) is 2.10. The van der Waals surface area contributed by atoms with Crippen molar-refractivity contribution in [2.75, 3.05) is 20.1 Å². The Kier molecular flexibility index (Phi) is 5.32. The Morgan fingerprint density at radius 2 is 2.05 bits per heavy atom. The predicted molar refractivity (Wildman–Crippen MR) is 77.9 cm³/mol. The molecule has 0 amide bonds. The minimum Gasteiger partial charge on any atom is -0.468 e. The molecule has 0 spiro atoms. The standard InChI is InChI=1S/C16H21FN2O/c1-13(16-8-5-11-20-16)18-9-10-19(2)12-14-6-3-4-7-15(14)17/h3-8,11,13,18H,9-10,12H2,1-2H3. The van der Waals surface area contributed by atoms with Crippen molar-refractivity contribution in [3.8, 4) is 0 Å². The smallest absolute Gasteiger partial charge is 0.127 e. The molecule has 20 heavy (non-hydrogen) atoms. The van der Waals surface area contributed by atoms with Gasteiger partial charge in [0.15, 0.2) is 0 Å². The normalized spacial score (nSPS) is 12.8. The Labute approximate surface area is 119 Å². The highest BCUT2D eigenvalue weighted by Gasteiger charge is 2.08. The van der Waals surface area contributed by atoms with E-state index in [4.69, 9.17) is 4.42 Å². The summed E-state index contributed by atoms with van der Waals surface area (Å²) in [7, 11) is 1.99. The summed E-state index contributed by atoms with van der Waals surface area (Å²) in [6.07, 6.45) is 1.68. The Morgan fingerprint density at radius 3 is 2.75 bits per heavy atom. The molecule has 0 saturated heterocycles. The van der Waals surface area contributed by atoms with Crippen LogP contribution in [0.3, 0.4) is 0 Å². The molecular formula is C16H21FN2O.